The minimum absolute atomic E-state index is 0.270. The lowest BCUT2D eigenvalue weighted by Gasteiger charge is -2.10. The second kappa shape index (κ2) is 7.76. The van der Waals surface area contributed by atoms with Crippen molar-refractivity contribution in [2.24, 2.45) is 0 Å². The molecule has 1 N–H and O–H groups in total. The van der Waals surface area contributed by atoms with Crippen molar-refractivity contribution in [2.75, 3.05) is 19.0 Å². The van der Waals surface area contributed by atoms with Crippen molar-refractivity contribution in [3.63, 3.8) is 0 Å². The fourth-order valence-corrected chi connectivity index (χ4v) is 2.89. The topological polar surface area (TPSA) is 73.3 Å². The number of nitrogens with zero attached hydrogens (tertiary/aromatic N) is 2. The molecule has 0 aliphatic rings. The highest BCUT2D eigenvalue weighted by Crippen LogP contribution is 2.29. The summed E-state index contributed by atoms with van der Waals surface area (Å²) in [6, 6.07) is 14.6. The van der Waals surface area contributed by atoms with Crippen LogP contribution in [0.3, 0.4) is 0 Å². The molecule has 0 saturated heterocycles. The Morgan fingerprint density at radius 3 is 2.64 bits per heavy atom. The summed E-state index contributed by atoms with van der Waals surface area (Å²) in [5, 5.41) is 6.97. The maximum absolute atomic E-state index is 12.7. The first-order valence-corrected chi connectivity index (χ1v) is 8.50. The number of rotatable bonds is 6. The molecule has 0 radical (unpaired) electrons. The maximum Gasteiger partial charge on any atom is 0.269 e. The van der Waals surface area contributed by atoms with Crippen molar-refractivity contribution < 1.29 is 14.3 Å². The van der Waals surface area contributed by atoms with Crippen LogP contribution in [0.25, 0.3) is 11.3 Å². The normalized spacial score (nSPS) is 10.3. The van der Waals surface area contributed by atoms with Gasteiger partial charge in [-0.25, -0.2) is 0 Å². The number of hydrogen-bond donors (Lipinski definition) is 1. The standard InChI is InChI=1S/C18H17N3O3S/c1-3-24-15-7-5-4-6-14(15)19-18(22)17-16(20-21-25-17)12-8-10-13(23-2)11-9-12/h4-11H,3H2,1-2H3,(H,19,22). The van der Waals surface area contributed by atoms with Crippen LogP contribution in [0.4, 0.5) is 5.69 Å². The highest BCUT2D eigenvalue weighted by atomic mass is 32.1. The Bertz CT molecular complexity index is 862. The number of aromatic nitrogens is 2. The molecule has 3 rings (SSSR count). The first-order valence-electron chi connectivity index (χ1n) is 7.73. The van der Waals surface area contributed by atoms with E-state index < -0.39 is 0 Å². The summed E-state index contributed by atoms with van der Waals surface area (Å²) in [4.78, 5) is 13.1. The molecular formula is C18H17N3O3S. The first-order chi connectivity index (χ1) is 12.2. The Morgan fingerprint density at radius 1 is 1.16 bits per heavy atom. The van der Waals surface area contributed by atoms with E-state index in [1.54, 1.807) is 13.2 Å². The molecule has 1 amide bonds. The van der Waals surface area contributed by atoms with E-state index in [2.05, 4.69) is 14.9 Å². The van der Waals surface area contributed by atoms with Gasteiger partial charge in [-0.2, -0.15) is 0 Å². The molecule has 1 heterocycles. The zero-order valence-electron chi connectivity index (χ0n) is 13.9. The number of carbonyl (C=O) groups is 1. The Balaban J connectivity index is 1.85. The highest BCUT2D eigenvalue weighted by Gasteiger charge is 2.19. The second-order valence-corrected chi connectivity index (χ2v) is 5.82. The molecule has 1 aromatic heterocycles. The van der Waals surface area contributed by atoms with Gasteiger partial charge in [0.1, 0.15) is 22.1 Å². The Hall–Kier alpha value is -2.93. The molecule has 0 spiro atoms. The number of amides is 1. The molecule has 25 heavy (non-hydrogen) atoms. The third-order valence-corrected chi connectivity index (χ3v) is 4.22. The lowest BCUT2D eigenvalue weighted by Crippen LogP contribution is -2.12. The number of nitrogens with one attached hydrogen (secondary N) is 1. The Labute approximate surface area is 149 Å². The smallest absolute Gasteiger partial charge is 0.269 e. The Kier molecular flexibility index (Phi) is 5.25. The molecule has 0 atom stereocenters. The van der Waals surface area contributed by atoms with Crippen molar-refractivity contribution in [1.82, 2.24) is 9.59 Å². The Morgan fingerprint density at radius 2 is 1.92 bits per heavy atom. The number of benzene rings is 2. The van der Waals surface area contributed by atoms with Gasteiger partial charge in [-0.05, 0) is 54.9 Å². The largest absolute Gasteiger partial charge is 0.497 e. The summed E-state index contributed by atoms with van der Waals surface area (Å²) in [6.45, 7) is 2.42. The third-order valence-electron chi connectivity index (χ3n) is 3.49. The molecule has 128 valence electrons. The van der Waals surface area contributed by atoms with Gasteiger partial charge in [-0.1, -0.05) is 16.6 Å². The molecule has 7 heteroatoms. The zero-order valence-corrected chi connectivity index (χ0v) is 14.7. The summed E-state index contributed by atoms with van der Waals surface area (Å²) < 4.78 is 14.6. The van der Waals surface area contributed by atoms with Crippen LogP contribution < -0.4 is 14.8 Å². The van der Waals surface area contributed by atoms with Gasteiger partial charge in [0.2, 0.25) is 0 Å². The summed E-state index contributed by atoms with van der Waals surface area (Å²) in [6.07, 6.45) is 0. The number of ether oxygens (including phenoxy) is 2. The molecule has 0 aliphatic heterocycles. The monoisotopic (exact) mass is 355 g/mol. The lowest BCUT2D eigenvalue weighted by atomic mass is 10.1. The molecule has 0 fully saturated rings. The molecule has 0 aliphatic carbocycles. The minimum Gasteiger partial charge on any atom is -0.497 e. The fraction of sp³-hybridized carbons (Fsp3) is 0.167. The zero-order chi connectivity index (χ0) is 17.6. The van der Waals surface area contributed by atoms with Gasteiger partial charge in [0.05, 0.1) is 19.4 Å². The summed E-state index contributed by atoms with van der Waals surface area (Å²) in [7, 11) is 1.61. The highest BCUT2D eigenvalue weighted by molar-refractivity contribution is 7.08. The third kappa shape index (κ3) is 3.77. The molecular weight excluding hydrogens is 338 g/mol. The van der Waals surface area contributed by atoms with E-state index in [4.69, 9.17) is 9.47 Å². The van der Waals surface area contributed by atoms with Gasteiger partial charge < -0.3 is 14.8 Å². The number of para-hydroxylation sites is 2. The van der Waals surface area contributed by atoms with E-state index in [0.717, 1.165) is 22.8 Å². The first kappa shape index (κ1) is 16.9. The number of hydrogen-bond acceptors (Lipinski definition) is 6. The van der Waals surface area contributed by atoms with E-state index in [-0.39, 0.29) is 5.91 Å². The van der Waals surface area contributed by atoms with Crippen LogP contribution in [0.5, 0.6) is 11.5 Å². The van der Waals surface area contributed by atoms with Gasteiger partial charge in [0, 0.05) is 5.56 Å². The minimum atomic E-state index is -0.270. The van der Waals surface area contributed by atoms with Crippen LogP contribution >= 0.6 is 11.5 Å². The van der Waals surface area contributed by atoms with E-state index in [1.165, 1.54) is 0 Å². The SMILES string of the molecule is CCOc1ccccc1NC(=O)c1snnc1-c1ccc(OC)cc1. The summed E-state index contributed by atoms with van der Waals surface area (Å²) in [5.74, 6) is 1.10. The fourth-order valence-electron chi connectivity index (χ4n) is 2.31. The van der Waals surface area contributed by atoms with Gasteiger partial charge in [0.25, 0.3) is 5.91 Å². The maximum atomic E-state index is 12.7. The lowest BCUT2D eigenvalue weighted by molar-refractivity contribution is 0.103. The summed E-state index contributed by atoms with van der Waals surface area (Å²) in [5.41, 5.74) is 1.96. The van der Waals surface area contributed by atoms with Crippen LogP contribution in [0, 0.1) is 0 Å². The second-order valence-electron chi connectivity index (χ2n) is 5.06. The molecule has 2 aromatic carbocycles. The van der Waals surface area contributed by atoms with E-state index in [0.29, 0.717) is 28.6 Å². The molecule has 0 bridgehead atoms. The van der Waals surface area contributed by atoms with Crippen molar-refractivity contribution >= 4 is 23.1 Å². The predicted octanol–water partition coefficient (Wildman–Crippen LogP) is 3.86. The van der Waals surface area contributed by atoms with Crippen molar-refractivity contribution in [3.05, 3.63) is 53.4 Å². The molecule has 0 saturated carbocycles. The molecule has 6 nitrogen and oxygen atoms in total. The van der Waals surface area contributed by atoms with E-state index in [9.17, 15) is 4.79 Å². The van der Waals surface area contributed by atoms with Crippen molar-refractivity contribution in [2.45, 2.75) is 6.92 Å². The predicted molar refractivity (Wildman–Crippen MR) is 97.5 cm³/mol. The van der Waals surface area contributed by atoms with Gasteiger partial charge in [-0.15, -0.1) is 5.10 Å². The van der Waals surface area contributed by atoms with E-state index >= 15 is 0 Å². The molecule has 3 aromatic rings. The summed E-state index contributed by atoms with van der Waals surface area (Å²) >= 11 is 1.06. The van der Waals surface area contributed by atoms with Crippen molar-refractivity contribution in [1.29, 1.82) is 0 Å². The number of anilines is 1. The average Bonchev–Trinajstić information content (AvgIpc) is 3.13. The van der Waals surface area contributed by atoms with Crippen molar-refractivity contribution in [3.8, 4) is 22.8 Å². The van der Waals surface area contributed by atoms with Gasteiger partial charge in [0.15, 0.2) is 0 Å². The number of methoxy groups -OCH3 is 1. The van der Waals surface area contributed by atoms with Crippen LogP contribution in [-0.4, -0.2) is 29.2 Å². The van der Waals surface area contributed by atoms with Gasteiger partial charge >= 0.3 is 0 Å². The van der Waals surface area contributed by atoms with Gasteiger partial charge in [-0.3, -0.25) is 4.79 Å². The van der Waals surface area contributed by atoms with Crippen LogP contribution in [0.1, 0.15) is 16.6 Å². The quantitative estimate of drug-likeness (QED) is 0.727. The number of carbonyl (C=O) groups excluding carboxylic acids is 1. The average molecular weight is 355 g/mol. The van der Waals surface area contributed by atoms with Crippen LogP contribution in [0.15, 0.2) is 48.5 Å². The van der Waals surface area contributed by atoms with Crippen LogP contribution in [-0.2, 0) is 0 Å². The van der Waals surface area contributed by atoms with E-state index in [1.807, 2.05) is 49.4 Å². The molecule has 0 unspecified atom stereocenters. The van der Waals surface area contributed by atoms with Crippen LogP contribution in [0.2, 0.25) is 0 Å².